The molecule has 7 nitrogen and oxygen atoms in total. The van der Waals surface area contributed by atoms with Crippen LogP contribution in [0.15, 0.2) is 0 Å². The Morgan fingerprint density at radius 3 is 2.23 bits per heavy atom. The number of nitrogens with zero attached hydrogens (tertiary/aromatic N) is 1. The summed E-state index contributed by atoms with van der Waals surface area (Å²) in [4.78, 5) is 27.2. The highest BCUT2D eigenvalue weighted by Gasteiger charge is 2.64. The van der Waals surface area contributed by atoms with Crippen molar-refractivity contribution in [3.8, 4) is 0 Å². The monoisotopic (exact) mass is 441 g/mol. The van der Waals surface area contributed by atoms with E-state index in [1.807, 2.05) is 60.2 Å². The maximum absolute atomic E-state index is 12.8. The Hall–Kier alpha value is -0.925. The Kier molecular flexibility index (Phi) is 6.24. The number of esters is 1. The van der Waals surface area contributed by atoms with E-state index in [4.69, 9.17) is 18.8 Å². The first-order valence-corrected chi connectivity index (χ1v) is 11.8. The summed E-state index contributed by atoms with van der Waals surface area (Å²) in [5, 5.41) is 0.215. The van der Waals surface area contributed by atoms with Gasteiger partial charge in [-0.25, -0.2) is 9.59 Å². The fraction of sp³-hybridized carbons (Fsp3) is 0.905. The summed E-state index contributed by atoms with van der Waals surface area (Å²) in [6.45, 7) is 14.2. The number of amides is 1. The molecule has 0 spiro atoms. The van der Waals surface area contributed by atoms with Crippen LogP contribution >= 0.6 is 11.8 Å². The highest BCUT2D eigenvalue weighted by Crippen LogP contribution is 2.58. The molecule has 0 aromatic carbocycles. The number of hydrogen-bond acceptors (Lipinski definition) is 7. The molecule has 170 valence electrons. The standard InChI is InChI=1S/C21H36BNO6S/c1-18(2,3)27-17(25)23-12-14-21(13-30-14,15(23)16(24)26-8)10-9-11-22-28-19(4,5)20(6,7)29-22/h14-15H,9-13H2,1-8H3/t14?,15-,21+/m1/s1. The molecule has 3 heterocycles. The molecule has 9 heteroatoms. The number of likely N-dealkylation sites (tertiary alicyclic amines) is 1. The molecule has 3 rings (SSSR count). The molecule has 0 radical (unpaired) electrons. The Bertz CT molecular complexity index is 677. The van der Waals surface area contributed by atoms with Crippen LogP contribution in [-0.4, -0.2) is 71.6 Å². The van der Waals surface area contributed by atoms with Gasteiger partial charge in [0.15, 0.2) is 0 Å². The van der Waals surface area contributed by atoms with E-state index in [0.29, 0.717) is 6.54 Å². The van der Waals surface area contributed by atoms with Gasteiger partial charge in [0, 0.05) is 23.0 Å². The quantitative estimate of drug-likeness (QED) is 0.475. The van der Waals surface area contributed by atoms with Gasteiger partial charge >= 0.3 is 19.2 Å². The summed E-state index contributed by atoms with van der Waals surface area (Å²) in [5.41, 5.74) is -1.59. The zero-order valence-electron chi connectivity index (χ0n) is 19.6. The van der Waals surface area contributed by atoms with Gasteiger partial charge in [0.2, 0.25) is 0 Å². The number of ether oxygens (including phenoxy) is 2. The van der Waals surface area contributed by atoms with Gasteiger partial charge in [0.25, 0.3) is 0 Å². The lowest BCUT2D eigenvalue weighted by atomic mass is 9.72. The van der Waals surface area contributed by atoms with Crippen LogP contribution in [0.5, 0.6) is 0 Å². The van der Waals surface area contributed by atoms with Crippen LogP contribution in [0.2, 0.25) is 6.32 Å². The number of fused-ring (bicyclic) bond motifs is 1. The third-order valence-corrected chi connectivity index (χ3v) is 8.57. The summed E-state index contributed by atoms with van der Waals surface area (Å²) < 4.78 is 22.9. The number of carbonyl (C=O) groups excluding carboxylic acids is 2. The van der Waals surface area contributed by atoms with Crippen LogP contribution < -0.4 is 0 Å². The van der Waals surface area contributed by atoms with Crippen molar-refractivity contribution >= 4 is 30.9 Å². The highest BCUT2D eigenvalue weighted by molar-refractivity contribution is 8.01. The van der Waals surface area contributed by atoms with Crippen LogP contribution in [0.1, 0.15) is 61.3 Å². The van der Waals surface area contributed by atoms with Gasteiger partial charge in [-0.05, 0) is 61.2 Å². The lowest BCUT2D eigenvalue weighted by Crippen LogP contribution is -2.55. The molecular weight excluding hydrogens is 405 g/mol. The molecule has 0 aliphatic carbocycles. The second-order valence-corrected chi connectivity index (χ2v) is 11.9. The summed E-state index contributed by atoms with van der Waals surface area (Å²) in [5.74, 6) is 0.472. The molecule has 1 unspecified atom stereocenters. The predicted octanol–water partition coefficient (Wildman–Crippen LogP) is 3.75. The van der Waals surface area contributed by atoms with Gasteiger partial charge in [-0.1, -0.05) is 6.42 Å². The van der Waals surface area contributed by atoms with E-state index in [-0.39, 0.29) is 35.0 Å². The van der Waals surface area contributed by atoms with Crippen LogP contribution in [0, 0.1) is 5.41 Å². The van der Waals surface area contributed by atoms with E-state index in [1.54, 1.807) is 4.90 Å². The summed E-state index contributed by atoms with van der Waals surface area (Å²) in [7, 11) is 1.13. The van der Waals surface area contributed by atoms with Crippen molar-refractivity contribution in [3.05, 3.63) is 0 Å². The maximum atomic E-state index is 12.8. The Morgan fingerprint density at radius 2 is 1.77 bits per heavy atom. The topological polar surface area (TPSA) is 74.3 Å². The molecule has 3 saturated heterocycles. The van der Waals surface area contributed by atoms with Crippen molar-refractivity contribution in [1.82, 2.24) is 4.90 Å². The summed E-state index contributed by atoms with van der Waals surface area (Å²) in [6, 6.07) is -0.609. The number of rotatable bonds is 5. The minimum atomic E-state index is -0.615. The smallest absolute Gasteiger partial charge is 0.457 e. The molecule has 0 N–H and O–H groups in total. The number of thioether (sulfide) groups is 1. The first kappa shape index (κ1) is 23.7. The fourth-order valence-electron chi connectivity index (χ4n) is 4.52. The predicted molar refractivity (Wildman–Crippen MR) is 118 cm³/mol. The molecule has 30 heavy (non-hydrogen) atoms. The van der Waals surface area contributed by atoms with Crippen molar-refractivity contribution < 1.29 is 28.4 Å². The largest absolute Gasteiger partial charge is 0.467 e. The minimum Gasteiger partial charge on any atom is -0.467 e. The van der Waals surface area contributed by atoms with Crippen LogP contribution in [0.3, 0.4) is 0 Å². The zero-order valence-corrected chi connectivity index (χ0v) is 20.4. The first-order valence-electron chi connectivity index (χ1n) is 10.8. The van der Waals surface area contributed by atoms with Gasteiger partial charge in [-0.3, -0.25) is 4.90 Å². The van der Waals surface area contributed by atoms with E-state index < -0.39 is 17.7 Å². The van der Waals surface area contributed by atoms with Gasteiger partial charge in [-0.2, -0.15) is 11.8 Å². The van der Waals surface area contributed by atoms with Crippen LogP contribution in [0.4, 0.5) is 4.79 Å². The minimum absolute atomic E-state index is 0.215. The highest BCUT2D eigenvalue weighted by atomic mass is 32.2. The van der Waals surface area contributed by atoms with Crippen molar-refractivity contribution in [2.24, 2.45) is 5.41 Å². The number of carbonyl (C=O) groups is 2. The van der Waals surface area contributed by atoms with E-state index in [2.05, 4.69) is 0 Å². The molecular formula is C21H36BNO6S. The van der Waals surface area contributed by atoms with E-state index in [0.717, 1.165) is 24.9 Å². The van der Waals surface area contributed by atoms with Crippen LogP contribution in [0.25, 0.3) is 0 Å². The Morgan fingerprint density at radius 1 is 1.17 bits per heavy atom. The fourth-order valence-corrected chi connectivity index (χ4v) is 6.17. The molecule has 0 saturated carbocycles. The summed E-state index contributed by atoms with van der Waals surface area (Å²) >= 11 is 1.81. The summed E-state index contributed by atoms with van der Waals surface area (Å²) in [6.07, 6.45) is 1.97. The molecule has 0 aromatic heterocycles. The lowest BCUT2D eigenvalue weighted by molar-refractivity contribution is -0.149. The molecule has 0 aromatic rings. The van der Waals surface area contributed by atoms with Gasteiger partial charge in [-0.15, -0.1) is 0 Å². The third kappa shape index (κ3) is 4.22. The normalized spacial score (nSPS) is 31.9. The van der Waals surface area contributed by atoms with Crippen molar-refractivity contribution in [2.75, 3.05) is 19.4 Å². The van der Waals surface area contributed by atoms with Gasteiger partial charge in [0.05, 0.1) is 18.3 Å². The van der Waals surface area contributed by atoms with Crippen molar-refractivity contribution in [3.63, 3.8) is 0 Å². The Labute approximate surface area is 185 Å². The first-order chi connectivity index (χ1) is 13.7. The molecule has 0 bridgehead atoms. The van der Waals surface area contributed by atoms with Crippen molar-refractivity contribution in [2.45, 2.75) is 95.7 Å². The molecule has 3 aliphatic heterocycles. The average molecular weight is 441 g/mol. The molecule has 1 amide bonds. The second-order valence-electron chi connectivity index (χ2n) is 10.7. The molecule has 3 aliphatic rings. The van der Waals surface area contributed by atoms with Crippen molar-refractivity contribution in [1.29, 1.82) is 0 Å². The maximum Gasteiger partial charge on any atom is 0.457 e. The number of hydrogen-bond donors (Lipinski definition) is 0. The van der Waals surface area contributed by atoms with Gasteiger partial charge in [0.1, 0.15) is 11.6 Å². The van der Waals surface area contributed by atoms with Crippen LogP contribution in [-0.2, 0) is 23.6 Å². The Balaban J connectivity index is 1.69. The van der Waals surface area contributed by atoms with E-state index in [1.165, 1.54) is 7.11 Å². The SMILES string of the molecule is COC(=O)[C@H]1N(C(=O)OC(C)(C)C)CC2SC[C@@]21CCCB1OC(C)(C)C(C)(C)O1. The lowest BCUT2D eigenvalue weighted by Gasteiger charge is -2.46. The second kappa shape index (κ2) is 7.89. The third-order valence-electron chi connectivity index (χ3n) is 6.85. The van der Waals surface area contributed by atoms with E-state index >= 15 is 0 Å². The zero-order chi connectivity index (χ0) is 22.5. The number of methoxy groups -OCH3 is 1. The average Bonchev–Trinajstić information content (AvgIpc) is 2.92. The molecule has 3 atom stereocenters. The van der Waals surface area contributed by atoms with Gasteiger partial charge < -0.3 is 18.8 Å². The molecule has 3 fully saturated rings. The van der Waals surface area contributed by atoms with E-state index in [9.17, 15) is 9.59 Å².